The van der Waals surface area contributed by atoms with Gasteiger partial charge in [0.1, 0.15) is 6.10 Å². The van der Waals surface area contributed by atoms with Gasteiger partial charge in [0.15, 0.2) is 12.2 Å². The summed E-state index contributed by atoms with van der Waals surface area (Å²) in [6.07, 6.45) is -4.00. The summed E-state index contributed by atoms with van der Waals surface area (Å²) in [6, 6.07) is 0. The van der Waals surface area contributed by atoms with Gasteiger partial charge in [0.05, 0.1) is 13.2 Å². The summed E-state index contributed by atoms with van der Waals surface area (Å²) >= 11 is 0. The first kappa shape index (κ1) is 10.9. The third-order valence-corrected chi connectivity index (χ3v) is 1.65. The average Bonchev–Trinajstić information content (AvgIpc) is 2.87. The number of aliphatic hydroxyl groups is 1. The lowest BCUT2D eigenvalue weighted by Gasteiger charge is -2.15. The Labute approximate surface area is 78.9 Å². The topological polar surface area (TPSA) is 117 Å². The Hall–Kier alpha value is -1.18. The van der Waals surface area contributed by atoms with Crippen molar-refractivity contribution in [2.24, 2.45) is 0 Å². The number of carboxylic acids is 2. The van der Waals surface area contributed by atoms with Crippen LogP contribution in [0.2, 0.25) is 0 Å². The van der Waals surface area contributed by atoms with Crippen LogP contribution in [0.3, 0.4) is 0 Å². The monoisotopic (exact) mass is 206 g/mol. The van der Waals surface area contributed by atoms with Crippen molar-refractivity contribution in [3.05, 3.63) is 0 Å². The molecule has 0 spiro atoms. The highest BCUT2D eigenvalue weighted by atomic mass is 16.6. The van der Waals surface area contributed by atoms with Crippen molar-refractivity contribution in [3.63, 3.8) is 0 Å². The van der Waals surface area contributed by atoms with Gasteiger partial charge in [-0.2, -0.15) is 0 Å². The van der Waals surface area contributed by atoms with E-state index in [-0.39, 0.29) is 12.7 Å². The van der Waals surface area contributed by atoms with Crippen LogP contribution in [0.15, 0.2) is 0 Å². The second-order valence-electron chi connectivity index (χ2n) is 2.83. The third-order valence-electron chi connectivity index (χ3n) is 1.65. The van der Waals surface area contributed by atoms with Gasteiger partial charge in [-0.05, 0) is 0 Å². The number of epoxide rings is 1. The second kappa shape index (κ2) is 4.36. The van der Waals surface area contributed by atoms with Crippen molar-refractivity contribution >= 4 is 11.9 Å². The molecular weight excluding hydrogens is 196 g/mol. The van der Waals surface area contributed by atoms with Crippen molar-refractivity contribution < 1.29 is 34.4 Å². The summed E-state index contributed by atoms with van der Waals surface area (Å²) in [7, 11) is 0. The first-order valence-corrected chi connectivity index (χ1v) is 3.89. The van der Waals surface area contributed by atoms with Crippen molar-refractivity contribution in [3.8, 4) is 0 Å². The number of carboxylic acid groups (broad SMARTS) is 2. The maximum Gasteiger partial charge on any atom is 0.336 e. The summed E-state index contributed by atoms with van der Waals surface area (Å²) in [5.41, 5.74) is 0. The smallest absolute Gasteiger partial charge is 0.336 e. The van der Waals surface area contributed by atoms with Gasteiger partial charge in [-0.25, -0.2) is 9.59 Å². The van der Waals surface area contributed by atoms with Gasteiger partial charge in [-0.15, -0.1) is 0 Å². The summed E-state index contributed by atoms with van der Waals surface area (Å²) in [5.74, 6) is -3.14. The molecule has 1 saturated heterocycles. The van der Waals surface area contributed by atoms with Crippen LogP contribution in [0, 0.1) is 0 Å². The highest BCUT2D eigenvalue weighted by Crippen LogP contribution is 2.11. The first-order valence-electron chi connectivity index (χ1n) is 3.89. The molecule has 1 rings (SSSR count). The zero-order chi connectivity index (χ0) is 10.7. The Balaban J connectivity index is 2.44. The van der Waals surface area contributed by atoms with Crippen molar-refractivity contribution in [1.82, 2.24) is 0 Å². The van der Waals surface area contributed by atoms with E-state index in [4.69, 9.17) is 24.8 Å². The minimum Gasteiger partial charge on any atom is -0.479 e. The van der Waals surface area contributed by atoms with Gasteiger partial charge in [0, 0.05) is 0 Å². The average molecular weight is 206 g/mol. The van der Waals surface area contributed by atoms with E-state index in [2.05, 4.69) is 0 Å². The van der Waals surface area contributed by atoms with E-state index in [0.29, 0.717) is 6.61 Å². The van der Waals surface area contributed by atoms with Crippen molar-refractivity contribution in [1.29, 1.82) is 0 Å². The van der Waals surface area contributed by atoms with Crippen LogP contribution in [0.25, 0.3) is 0 Å². The fourth-order valence-electron chi connectivity index (χ4n) is 0.802. The molecule has 7 nitrogen and oxygen atoms in total. The lowest BCUT2D eigenvalue weighted by Crippen LogP contribution is -2.42. The van der Waals surface area contributed by atoms with E-state index in [1.165, 1.54) is 0 Å². The molecule has 3 N–H and O–H groups in total. The molecule has 80 valence electrons. The molecule has 3 unspecified atom stereocenters. The summed E-state index contributed by atoms with van der Waals surface area (Å²) in [4.78, 5) is 20.8. The fraction of sp³-hybridized carbons (Fsp3) is 0.714. The number of hydrogen-bond donors (Lipinski definition) is 3. The Morgan fingerprint density at radius 2 is 2.00 bits per heavy atom. The highest BCUT2D eigenvalue weighted by molar-refractivity contribution is 5.83. The number of aliphatic hydroxyl groups excluding tert-OH is 1. The minimum absolute atomic E-state index is 0.0265. The zero-order valence-electron chi connectivity index (χ0n) is 7.12. The molecular formula is C7H10O7. The molecule has 0 aromatic carbocycles. The fourth-order valence-corrected chi connectivity index (χ4v) is 0.802. The maximum absolute atomic E-state index is 10.5. The van der Waals surface area contributed by atoms with E-state index in [9.17, 15) is 9.59 Å². The Kier molecular flexibility index (Phi) is 3.39. The van der Waals surface area contributed by atoms with Crippen LogP contribution < -0.4 is 0 Å². The SMILES string of the molecule is O=C(O)C(O)C(OCC1CO1)C(=O)O. The molecule has 1 fully saturated rings. The normalized spacial score (nSPS) is 23.9. The number of hydrogen-bond acceptors (Lipinski definition) is 5. The Bertz CT molecular complexity index is 234. The molecule has 14 heavy (non-hydrogen) atoms. The predicted octanol–water partition coefficient (Wildman–Crippen LogP) is -1.70. The minimum atomic E-state index is -2.06. The number of aliphatic carboxylic acids is 2. The largest absolute Gasteiger partial charge is 0.479 e. The van der Waals surface area contributed by atoms with Gasteiger partial charge in [0.25, 0.3) is 0 Å². The van der Waals surface area contributed by atoms with Crippen LogP contribution >= 0.6 is 0 Å². The second-order valence-corrected chi connectivity index (χ2v) is 2.83. The van der Waals surface area contributed by atoms with Crippen LogP contribution in [-0.4, -0.2) is 58.8 Å². The number of carbonyl (C=O) groups is 2. The van der Waals surface area contributed by atoms with Gasteiger partial charge in [-0.1, -0.05) is 0 Å². The van der Waals surface area contributed by atoms with E-state index >= 15 is 0 Å². The van der Waals surface area contributed by atoms with E-state index in [1.807, 2.05) is 0 Å². The lowest BCUT2D eigenvalue weighted by atomic mass is 10.2. The predicted molar refractivity (Wildman–Crippen MR) is 40.8 cm³/mol. The Morgan fingerprint density at radius 1 is 1.43 bits per heavy atom. The van der Waals surface area contributed by atoms with Crippen LogP contribution in [0.1, 0.15) is 0 Å². The molecule has 1 heterocycles. The summed E-state index contributed by atoms with van der Waals surface area (Å²) in [5, 5.41) is 25.8. The van der Waals surface area contributed by atoms with Gasteiger partial charge >= 0.3 is 11.9 Å². The standard InChI is InChI=1S/C7H10O7/c8-4(6(9)10)5(7(11)12)14-2-3-1-13-3/h3-5,8H,1-2H2,(H,9,10)(H,11,12). The molecule has 3 atom stereocenters. The van der Waals surface area contributed by atoms with Crippen LogP contribution in [0.4, 0.5) is 0 Å². The quantitative estimate of drug-likeness (QED) is 0.443. The van der Waals surface area contributed by atoms with Gasteiger partial charge in [0.2, 0.25) is 0 Å². The molecule has 0 bridgehead atoms. The summed E-state index contributed by atoms with van der Waals surface area (Å²) < 4.78 is 9.43. The molecule has 0 saturated carbocycles. The lowest BCUT2D eigenvalue weighted by molar-refractivity contribution is -0.171. The molecule has 7 heteroatoms. The third kappa shape index (κ3) is 2.95. The number of rotatable bonds is 6. The molecule has 1 aliphatic rings. The zero-order valence-corrected chi connectivity index (χ0v) is 7.12. The molecule has 0 amide bonds. The molecule has 0 aromatic rings. The Morgan fingerprint density at radius 3 is 2.36 bits per heavy atom. The number of ether oxygens (including phenoxy) is 2. The van der Waals surface area contributed by atoms with E-state index in [1.54, 1.807) is 0 Å². The van der Waals surface area contributed by atoms with Crippen molar-refractivity contribution in [2.45, 2.75) is 18.3 Å². The maximum atomic E-state index is 10.5. The highest BCUT2D eigenvalue weighted by Gasteiger charge is 2.35. The summed E-state index contributed by atoms with van der Waals surface area (Å²) in [6.45, 7) is 0.441. The molecule has 0 radical (unpaired) electrons. The van der Waals surface area contributed by atoms with E-state index < -0.39 is 24.1 Å². The van der Waals surface area contributed by atoms with Crippen molar-refractivity contribution in [2.75, 3.05) is 13.2 Å². The molecule has 0 aliphatic carbocycles. The van der Waals surface area contributed by atoms with Crippen LogP contribution in [-0.2, 0) is 19.1 Å². The molecule has 0 aromatic heterocycles. The van der Waals surface area contributed by atoms with E-state index in [0.717, 1.165) is 0 Å². The first-order chi connectivity index (χ1) is 6.52. The van der Waals surface area contributed by atoms with Gasteiger partial charge < -0.3 is 24.8 Å². The molecule has 1 aliphatic heterocycles. The van der Waals surface area contributed by atoms with Gasteiger partial charge in [-0.3, -0.25) is 0 Å². The van der Waals surface area contributed by atoms with Crippen LogP contribution in [0.5, 0.6) is 0 Å².